The topological polar surface area (TPSA) is 122 Å². The number of carbonyl (C=O) groups is 3. The minimum absolute atomic E-state index is 0.00465. The van der Waals surface area contributed by atoms with E-state index in [0.29, 0.717) is 25.4 Å². The van der Waals surface area contributed by atoms with Crippen molar-refractivity contribution in [2.24, 2.45) is 11.8 Å². The summed E-state index contributed by atoms with van der Waals surface area (Å²) in [5.74, 6) is -0.855. The van der Waals surface area contributed by atoms with Gasteiger partial charge in [-0.25, -0.2) is 9.78 Å². The predicted molar refractivity (Wildman–Crippen MR) is 145 cm³/mol. The van der Waals surface area contributed by atoms with Crippen LogP contribution in [0.4, 0.5) is 0 Å². The molecule has 1 N–H and O–H groups in total. The molecule has 1 aliphatic heterocycles. The number of carbonyl (C=O) groups excluding carboxylic acids is 3. The van der Waals surface area contributed by atoms with Crippen molar-refractivity contribution in [1.29, 1.82) is 0 Å². The number of ether oxygens (including phenoxy) is 5. The maximum Gasteiger partial charge on any atom is 0.328 e. The van der Waals surface area contributed by atoms with E-state index >= 15 is 0 Å². The molecule has 2 aromatic rings. The third-order valence-corrected chi connectivity index (χ3v) is 7.28. The highest BCUT2D eigenvalue weighted by atomic mass is 16.7. The number of hydrogen-bond acceptors (Lipinski definition) is 9. The maximum absolute atomic E-state index is 13.3. The molecule has 1 saturated heterocycles. The Kier molecular flexibility index (Phi) is 10.3. The van der Waals surface area contributed by atoms with Crippen LogP contribution >= 0.6 is 0 Å². The van der Waals surface area contributed by atoms with Gasteiger partial charge in [0.1, 0.15) is 12.1 Å². The van der Waals surface area contributed by atoms with Gasteiger partial charge in [0.05, 0.1) is 13.2 Å². The summed E-state index contributed by atoms with van der Waals surface area (Å²) in [5.41, 5.74) is 1.06. The number of esters is 2. The first-order valence-electron chi connectivity index (χ1n) is 13.8. The predicted octanol–water partition coefficient (Wildman–Crippen LogP) is 3.86. The largest absolute Gasteiger partial charge is 0.493 e. The Bertz CT molecular complexity index is 1150. The van der Waals surface area contributed by atoms with E-state index in [0.717, 1.165) is 18.4 Å². The molecule has 4 atom stereocenters. The van der Waals surface area contributed by atoms with Gasteiger partial charge >= 0.3 is 11.9 Å². The molecule has 1 aromatic heterocycles. The number of benzene rings is 1. The summed E-state index contributed by atoms with van der Waals surface area (Å²) in [6.07, 6.45) is 5.79. The fourth-order valence-electron chi connectivity index (χ4n) is 4.87. The van der Waals surface area contributed by atoms with Gasteiger partial charge in [0.2, 0.25) is 6.79 Å². The number of rotatable bonds is 11. The highest BCUT2D eigenvalue weighted by molar-refractivity contribution is 5.98. The lowest BCUT2D eigenvalue weighted by Crippen LogP contribution is -2.44. The molecule has 0 spiro atoms. The standard InChI is InChI=1S/C30H38N2O8/c1-19-23(16-21-8-5-4-6-9-21)25(37-17-22-12-13-22)11-7-10-24(30(35)40-19)32-29(34)27-28(39-18-38-20(2)33)26(36-3)14-15-31-27/h4-6,8-9,14-15,19,22-25H,7,10-13,16-18H2,1-3H3,(H,32,34). The molecule has 216 valence electrons. The van der Waals surface area contributed by atoms with E-state index in [-0.39, 0.29) is 29.2 Å². The molecule has 1 amide bonds. The first kappa shape index (κ1) is 29.3. The molecular weight excluding hydrogens is 516 g/mol. The van der Waals surface area contributed by atoms with E-state index in [2.05, 4.69) is 22.4 Å². The van der Waals surface area contributed by atoms with Crippen LogP contribution in [0.25, 0.3) is 0 Å². The highest BCUT2D eigenvalue weighted by Gasteiger charge is 2.36. The lowest BCUT2D eigenvalue weighted by Gasteiger charge is -2.31. The fraction of sp³-hybridized carbons (Fsp3) is 0.533. The average molecular weight is 555 g/mol. The van der Waals surface area contributed by atoms with Crippen molar-refractivity contribution in [2.75, 3.05) is 20.5 Å². The van der Waals surface area contributed by atoms with Crippen LogP contribution in [0, 0.1) is 11.8 Å². The van der Waals surface area contributed by atoms with E-state index in [4.69, 9.17) is 23.7 Å². The number of amides is 1. The summed E-state index contributed by atoms with van der Waals surface area (Å²) in [5, 5.41) is 2.77. The molecule has 2 fully saturated rings. The van der Waals surface area contributed by atoms with Crippen LogP contribution in [0.1, 0.15) is 62.0 Å². The quantitative estimate of drug-likeness (QED) is 0.326. The van der Waals surface area contributed by atoms with Crippen molar-refractivity contribution in [3.8, 4) is 11.5 Å². The number of hydrogen-bond donors (Lipinski definition) is 1. The minimum atomic E-state index is -0.885. The van der Waals surface area contributed by atoms with Crippen LogP contribution in [0.5, 0.6) is 11.5 Å². The van der Waals surface area contributed by atoms with Crippen molar-refractivity contribution >= 4 is 17.8 Å². The number of cyclic esters (lactones) is 1. The van der Waals surface area contributed by atoms with Crippen LogP contribution in [-0.4, -0.2) is 61.6 Å². The molecule has 0 bridgehead atoms. The summed E-state index contributed by atoms with van der Waals surface area (Å²) >= 11 is 0. The van der Waals surface area contributed by atoms with Gasteiger partial charge in [-0.05, 0) is 56.9 Å². The Morgan fingerprint density at radius 3 is 2.58 bits per heavy atom. The third-order valence-electron chi connectivity index (χ3n) is 7.28. The van der Waals surface area contributed by atoms with E-state index in [9.17, 15) is 14.4 Å². The Morgan fingerprint density at radius 2 is 1.88 bits per heavy atom. The summed E-state index contributed by atoms with van der Waals surface area (Å²) < 4.78 is 28.0. The van der Waals surface area contributed by atoms with E-state index in [1.54, 1.807) is 0 Å². The van der Waals surface area contributed by atoms with Crippen LogP contribution in [0.3, 0.4) is 0 Å². The Balaban J connectivity index is 1.49. The summed E-state index contributed by atoms with van der Waals surface area (Å²) in [6.45, 7) is 3.43. The smallest absolute Gasteiger partial charge is 0.328 e. The van der Waals surface area contributed by atoms with Crippen LogP contribution in [0.2, 0.25) is 0 Å². The second-order valence-corrected chi connectivity index (χ2v) is 10.4. The van der Waals surface area contributed by atoms with Gasteiger partial charge in [-0.2, -0.15) is 0 Å². The number of pyridine rings is 1. The van der Waals surface area contributed by atoms with Crippen molar-refractivity contribution in [2.45, 2.75) is 70.6 Å². The average Bonchev–Trinajstić information content (AvgIpc) is 3.77. The van der Waals surface area contributed by atoms with Crippen molar-refractivity contribution in [3.05, 3.63) is 53.9 Å². The second kappa shape index (κ2) is 14.1. The zero-order valence-electron chi connectivity index (χ0n) is 23.3. The van der Waals surface area contributed by atoms with E-state index in [1.807, 2.05) is 25.1 Å². The highest BCUT2D eigenvalue weighted by Crippen LogP contribution is 2.33. The van der Waals surface area contributed by atoms with Crippen LogP contribution in [0.15, 0.2) is 42.6 Å². The number of nitrogens with zero attached hydrogens (tertiary/aromatic N) is 1. The molecule has 1 saturated carbocycles. The molecule has 1 aliphatic carbocycles. The Labute approximate surface area is 234 Å². The molecule has 40 heavy (non-hydrogen) atoms. The molecule has 10 nitrogen and oxygen atoms in total. The van der Waals surface area contributed by atoms with Gasteiger partial charge < -0.3 is 29.0 Å². The fourth-order valence-corrected chi connectivity index (χ4v) is 4.87. The molecule has 1 aromatic carbocycles. The van der Waals surface area contributed by atoms with Gasteiger partial charge in [-0.15, -0.1) is 0 Å². The first-order chi connectivity index (χ1) is 19.4. The van der Waals surface area contributed by atoms with E-state index in [1.165, 1.54) is 39.1 Å². The van der Waals surface area contributed by atoms with Crippen molar-refractivity contribution < 1.29 is 38.1 Å². The second-order valence-electron chi connectivity index (χ2n) is 10.4. The van der Waals surface area contributed by atoms with E-state index < -0.39 is 36.8 Å². The monoisotopic (exact) mass is 554 g/mol. The van der Waals surface area contributed by atoms with Gasteiger partial charge in [0.15, 0.2) is 17.2 Å². The maximum atomic E-state index is 13.3. The van der Waals surface area contributed by atoms with Gasteiger partial charge in [-0.3, -0.25) is 9.59 Å². The number of nitrogens with one attached hydrogen (secondary N) is 1. The SMILES string of the molecule is COc1ccnc(C(=O)NC2CCCC(OCC3CC3)C(Cc3ccccc3)C(C)OC2=O)c1OCOC(C)=O. The van der Waals surface area contributed by atoms with Crippen molar-refractivity contribution in [3.63, 3.8) is 0 Å². The van der Waals surface area contributed by atoms with Gasteiger partial charge in [0, 0.05) is 31.7 Å². The summed E-state index contributed by atoms with van der Waals surface area (Å²) in [4.78, 5) is 41.9. The molecule has 10 heteroatoms. The molecule has 4 unspecified atom stereocenters. The molecular formula is C30H38N2O8. The number of methoxy groups -OCH3 is 1. The molecule has 0 radical (unpaired) electrons. The summed E-state index contributed by atoms with van der Waals surface area (Å²) in [6, 6.07) is 10.8. The van der Waals surface area contributed by atoms with Crippen molar-refractivity contribution in [1.82, 2.24) is 10.3 Å². The van der Waals surface area contributed by atoms with Gasteiger partial charge in [0.25, 0.3) is 5.91 Å². The summed E-state index contributed by atoms with van der Waals surface area (Å²) in [7, 11) is 1.42. The molecule has 2 aliphatic rings. The van der Waals surface area contributed by atoms with Crippen LogP contribution in [-0.2, 0) is 30.2 Å². The third kappa shape index (κ3) is 8.17. The lowest BCUT2D eigenvalue weighted by molar-refractivity contribution is -0.155. The van der Waals surface area contributed by atoms with Crippen LogP contribution < -0.4 is 14.8 Å². The molecule has 4 rings (SSSR count). The zero-order chi connectivity index (χ0) is 28.5. The van der Waals surface area contributed by atoms with Gasteiger partial charge in [-0.1, -0.05) is 30.3 Å². The first-order valence-corrected chi connectivity index (χ1v) is 13.8. The lowest BCUT2D eigenvalue weighted by atomic mass is 9.87. The normalized spacial score (nSPS) is 23.1. The zero-order valence-corrected chi connectivity index (χ0v) is 23.3. The number of aromatic nitrogens is 1. The Hall–Kier alpha value is -3.66. The Morgan fingerprint density at radius 1 is 1.10 bits per heavy atom. The minimum Gasteiger partial charge on any atom is -0.493 e. The molecule has 2 heterocycles.